The fourth-order valence-electron chi connectivity index (χ4n) is 3.62. The van der Waals surface area contributed by atoms with E-state index in [0.29, 0.717) is 0 Å². The monoisotopic (exact) mass is 456 g/mol. The lowest BCUT2D eigenvalue weighted by atomic mass is 9.79. The van der Waals surface area contributed by atoms with Crippen molar-refractivity contribution in [2.24, 2.45) is 17.8 Å². The molecule has 1 aromatic carbocycles. The highest BCUT2D eigenvalue weighted by Gasteiger charge is 2.47. The number of hydrogen-bond acceptors (Lipinski definition) is 8. The van der Waals surface area contributed by atoms with Crippen LogP contribution in [0, 0.1) is 17.8 Å². The molecule has 0 aromatic heterocycles. The van der Waals surface area contributed by atoms with Gasteiger partial charge in [-0.05, 0) is 11.5 Å². The third-order valence-electron chi connectivity index (χ3n) is 5.45. The zero-order chi connectivity index (χ0) is 23.2. The summed E-state index contributed by atoms with van der Waals surface area (Å²) in [5.41, 5.74) is 0.903. The first-order chi connectivity index (χ1) is 14.5. The average Bonchev–Trinajstić information content (AvgIpc) is 2.70. The van der Waals surface area contributed by atoms with Gasteiger partial charge in [-0.3, -0.25) is 14.2 Å². The van der Waals surface area contributed by atoms with Crippen LogP contribution in [0.4, 0.5) is 0 Å². The molecule has 31 heavy (non-hydrogen) atoms. The lowest BCUT2D eigenvalue weighted by Gasteiger charge is -2.45. The molecule has 1 aliphatic heterocycles. The maximum atomic E-state index is 12.7. The van der Waals surface area contributed by atoms with Crippen molar-refractivity contribution in [3.8, 4) is 0 Å². The van der Waals surface area contributed by atoms with Crippen molar-refractivity contribution in [2.45, 2.75) is 59.7 Å². The molecule has 0 amide bonds. The Morgan fingerprint density at radius 2 is 1.65 bits per heavy atom. The number of ether oxygens (including phenoxy) is 3. The van der Waals surface area contributed by atoms with Crippen LogP contribution in [0.5, 0.6) is 0 Å². The summed E-state index contributed by atoms with van der Waals surface area (Å²) in [4.78, 5) is 23.0. The molecule has 3 unspecified atom stereocenters. The molecule has 0 spiro atoms. The largest absolute Gasteiger partial charge is 0.456 e. The van der Waals surface area contributed by atoms with Gasteiger partial charge in [-0.15, -0.1) is 0 Å². The first-order valence-corrected chi connectivity index (χ1v) is 12.4. The van der Waals surface area contributed by atoms with Gasteiger partial charge in [-0.1, -0.05) is 51.1 Å². The maximum absolute atomic E-state index is 12.7. The normalized spacial score (nSPS) is 28.9. The van der Waals surface area contributed by atoms with Gasteiger partial charge in [0, 0.05) is 32.3 Å². The highest BCUT2D eigenvalue weighted by atomic mass is 31.2. The molecule has 2 rings (SSSR count). The molecule has 1 fully saturated rings. The van der Waals surface area contributed by atoms with Crippen molar-refractivity contribution in [3.05, 3.63) is 35.9 Å². The summed E-state index contributed by atoms with van der Waals surface area (Å²) in [6, 6.07) is 9.43. The van der Waals surface area contributed by atoms with Gasteiger partial charge in [0.15, 0.2) is 6.10 Å². The summed E-state index contributed by atoms with van der Waals surface area (Å²) >= 11 is 0. The molecule has 1 saturated heterocycles. The molecule has 0 radical (unpaired) electrons. The van der Waals surface area contributed by atoms with Crippen LogP contribution in [-0.2, 0) is 44.0 Å². The number of esters is 2. The molecule has 1 heterocycles. The number of carbonyl (C=O) groups is 2. The third kappa shape index (κ3) is 7.72. The second-order valence-electron chi connectivity index (χ2n) is 8.17. The zero-order valence-corrected chi connectivity index (χ0v) is 19.9. The summed E-state index contributed by atoms with van der Waals surface area (Å²) in [6.07, 6.45) is -2.07. The topological polar surface area (TPSA) is 97.4 Å². The van der Waals surface area contributed by atoms with Gasteiger partial charge in [-0.25, -0.2) is 0 Å². The minimum absolute atomic E-state index is 0.0313. The van der Waals surface area contributed by atoms with Crippen LogP contribution in [-0.4, -0.2) is 43.7 Å². The summed E-state index contributed by atoms with van der Waals surface area (Å²) in [7, 11) is -3.28. The van der Waals surface area contributed by atoms with Gasteiger partial charge in [0.2, 0.25) is 6.29 Å². The van der Waals surface area contributed by atoms with Crippen LogP contribution in [0.3, 0.4) is 0 Å². The molecule has 1 aromatic rings. The van der Waals surface area contributed by atoms with E-state index in [9.17, 15) is 14.2 Å². The Morgan fingerprint density at radius 1 is 1.03 bits per heavy atom. The minimum Gasteiger partial charge on any atom is -0.456 e. The van der Waals surface area contributed by atoms with E-state index < -0.39 is 31.9 Å². The second-order valence-corrected chi connectivity index (χ2v) is 10.2. The van der Waals surface area contributed by atoms with Crippen LogP contribution in [0.15, 0.2) is 30.3 Å². The molecule has 7 atom stereocenters. The van der Waals surface area contributed by atoms with Crippen molar-refractivity contribution in [1.29, 1.82) is 0 Å². The minimum atomic E-state index is -3.28. The fourth-order valence-corrected chi connectivity index (χ4v) is 4.58. The molecular formula is C22H33O8P. The third-order valence-corrected chi connectivity index (χ3v) is 6.67. The predicted octanol–water partition coefficient (Wildman–Crippen LogP) is 4.17. The van der Waals surface area contributed by atoms with Gasteiger partial charge in [-0.2, -0.15) is 0 Å². The first kappa shape index (κ1) is 25.5. The number of benzene rings is 1. The smallest absolute Gasteiger partial charge is 0.327 e. The summed E-state index contributed by atoms with van der Waals surface area (Å²) in [6.45, 7) is 10.1. The van der Waals surface area contributed by atoms with E-state index in [1.807, 2.05) is 51.1 Å². The molecule has 8 nitrogen and oxygen atoms in total. The molecule has 1 aliphatic rings. The van der Waals surface area contributed by atoms with Gasteiger partial charge < -0.3 is 23.3 Å². The molecule has 0 N–H and O–H groups in total. The molecule has 0 aliphatic carbocycles. The van der Waals surface area contributed by atoms with E-state index in [0.717, 1.165) is 5.56 Å². The van der Waals surface area contributed by atoms with E-state index in [1.54, 1.807) is 0 Å². The predicted molar refractivity (Wildman–Crippen MR) is 114 cm³/mol. The lowest BCUT2D eigenvalue weighted by Crippen LogP contribution is -2.54. The Hall–Kier alpha value is -1.73. The highest BCUT2D eigenvalue weighted by Crippen LogP contribution is 2.46. The van der Waals surface area contributed by atoms with Gasteiger partial charge >= 0.3 is 19.5 Å². The van der Waals surface area contributed by atoms with Gasteiger partial charge in [0.25, 0.3) is 0 Å². The number of carbonyl (C=O) groups excluding carboxylic acids is 2. The van der Waals surface area contributed by atoms with Crippen LogP contribution in [0.1, 0.15) is 40.2 Å². The Kier molecular flexibility index (Phi) is 9.25. The van der Waals surface area contributed by atoms with E-state index in [4.69, 9.17) is 23.3 Å². The van der Waals surface area contributed by atoms with E-state index in [1.165, 1.54) is 20.5 Å². The molecule has 174 valence electrons. The number of hydrogen-bond donors (Lipinski definition) is 0. The second kappa shape index (κ2) is 11.2. The highest BCUT2D eigenvalue weighted by molar-refractivity contribution is 7.52. The Morgan fingerprint density at radius 3 is 2.23 bits per heavy atom. The van der Waals surface area contributed by atoms with Crippen LogP contribution in [0.25, 0.3) is 0 Å². The molecule has 0 bridgehead atoms. The van der Waals surface area contributed by atoms with E-state index >= 15 is 0 Å². The molecule has 9 heteroatoms. The van der Waals surface area contributed by atoms with Gasteiger partial charge in [0.1, 0.15) is 0 Å². The van der Waals surface area contributed by atoms with Crippen molar-refractivity contribution >= 4 is 19.5 Å². The zero-order valence-electron chi connectivity index (χ0n) is 19.0. The Balaban J connectivity index is 1.99. The van der Waals surface area contributed by atoms with E-state index in [2.05, 4.69) is 0 Å². The average molecular weight is 456 g/mol. The van der Waals surface area contributed by atoms with Crippen LogP contribution < -0.4 is 0 Å². The lowest BCUT2D eigenvalue weighted by molar-refractivity contribution is -0.274. The molecule has 0 saturated carbocycles. The quantitative estimate of drug-likeness (QED) is 0.403. The Bertz CT molecular complexity index is 783. The van der Waals surface area contributed by atoms with Crippen molar-refractivity contribution in [1.82, 2.24) is 0 Å². The van der Waals surface area contributed by atoms with Crippen molar-refractivity contribution < 1.29 is 37.4 Å². The van der Waals surface area contributed by atoms with E-state index in [-0.39, 0.29) is 37.1 Å². The maximum Gasteiger partial charge on any atom is 0.327 e. The standard InChI is InChI=1S/C22H33O8P/c1-14(12-26-31(6,25)27-13-19-10-8-7-9-11-19)20-15(2)16(3)21(28-17(4)23)22(30-20)29-18(5)24/h7-11,14-16,20-22H,12-13H2,1-6H3/t14-,15+,16+,20?,21?,22+,31?/m1/s1. The van der Waals surface area contributed by atoms with Crippen LogP contribution in [0.2, 0.25) is 0 Å². The summed E-state index contributed by atoms with van der Waals surface area (Å²) < 4.78 is 40.5. The summed E-state index contributed by atoms with van der Waals surface area (Å²) in [5.74, 6) is -1.34. The SMILES string of the molecule is CC(=O)OC1[C@@H](OC(C)=O)OC([C@H](C)COP(C)(=O)OCc2ccccc2)[C@@H](C)[C@@H]1C. The van der Waals surface area contributed by atoms with Crippen molar-refractivity contribution in [2.75, 3.05) is 13.3 Å². The first-order valence-electron chi connectivity index (χ1n) is 10.4. The summed E-state index contributed by atoms with van der Waals surface area (Å²) in [5, 5.41) is 0. The Labute approximate surface area is 184 Å². The van der Waals surface area contributed by atoms with Crippen molar-refractivity contribution in [3.63, 3.8) is 0 Å². The molecular weight excluding hydrogens is 423 g/mol. The fraction of sp³-hybridized carbons (Fsp3) is 0.636. The number of rotatable bonds is 9. The van der Waals surface area contributed by atoms with Gasteiger partial charge in [0.05, 0.1) is 19.3 Å². The van der Waals surface area contributed by atoms with Crippen LogP contribution >= 0.6 is 7.60 Å².